The summed E-state index contributed by atoms with van der Waals surface area (Å²) in [5.41, 5.74) is 2.94. The zero-order valence-corrected chi connectivity index (χ0v) is 13.5. The van der Waals surface area contributed by atoms with Crippen molar-refractivity contribution >= 4 is 27.0 Å². The van der Waals surface area contributed by atoms with Gasteiger partial charge in [-0.05, 0) is 36.2 Å². The van der Waals surface area contributed by atoms with E-state index in [9.17, 15) is 8.42 Å². The third-order valence-corrected chi connectivity index (χ3v) is 4.52. The van der Waals surface area contributed by atoms with Gasteiger partial charge in [0.1, 0.15) is 11.6 Å². The molecule has 0 spiro atoms. The van der Waals surface area contributed by atoms with E-state index in [0.717, 1.165) is 11.1 Å². The van der Waals surface area contributed by atoms with Crippen molar-refractivity contribution in [2.75, 3.05) is 11.9 Å². The van der Waals surface area contributed by atoms with E-state index in [-0.39, 0.29) is 4.90 Å². The van der Waals surface area contributed by atoms with Crippen LogP contribution in [0.25, 0.3) is 11.0 Å². The smallest absolute Gasteiger partial charge is 0.238 e. The first-order valence-electron chi connectivity index (χ1n) is 7.22. The average Bonchev–Trinajstić information content (AvgIpc) is 2.97. The molecule has 8 heteroatoms. The summed E-state index contributed by atoms with van der Waals surface area (Å²) >= 11 is 0. The van der Waals surface area contributed by atoms with E-state index >= 15 is 0 Å². The lowest BCUT2D eigenvalue weighted by molar-refractivity contribution is 0.598. The quantitative estimate of drug-likeness (QED) is 0.652. The molecule has 24 heavy (non-hydrogen) atoms. The Morgan fingerprint density at radius 1 is 1.21 bits per heavy atom. The van der Waals surface area contributed by atoms with Crippen LogP contribution < -0.4 is 10.5 Å². The van der Waals surface area contributed by atoms with Gasteiger partial charge in [0.2, 0.25) is 16.0 Å². The van der Waals surface area contributed by atoms with E-state index in [1.165, 1.54) is 12.1 Å². The molecule has 0 unspecified atom stereocenters. The van der Waals surface area contributed by atoms with Gasteiger partial charge >= 0.3 is 0 Å². The molecule has 1 heterocycles. The summed E-state index contributed by atoms with van der Waals surface area (Å²) < 4.78 is 22.4. The molecule has 1 aromatic heterocycles. The minimum Gasteiger partial charge on any atom is -0.355 e. The molecule has 122 valence electrons. The van der Waals surface area contributed by atoms with Crippen molar-refractivity contribution in [2.24, 2.45) is 5.14 Å². The molecule has 0 saturated heterocycles. The molecule has 0 aliphatic heterocycles. The number of hydrogen-bond donors (Lipinski definition) is 3. The third kappa shape index (κ3) is 3.37. The number of nitrogens with one attached hydrogen (secondary N) is 2. The topological polar surface area (TPSA) is 125 Å². The van der Waals surface area contributed by atoms with Gasteiger partial charge in [-0.15, -0.1) is 0 Å². The summed E-state index contributed by atoms with van der Waals surface area (Å²) in [6.45, 7) is 0.608. The van der Waals surface area contributed by atoms with Crippen molar-refractivity contribution in [3.63, 3.8) is 0 Å². The Labute approximate surface area is 139 Å². The zero-order chi connectivity index (χ0) is 17.2. The second-order valence-electron chi connectivity index (χ2n) is 5.26. The van der Waals surface area contributed by atoms with Crippen molar-refractivity contribution in [3.8, 4) is 6.07 Å². The van der Waals surface area contributed by atoms with Crippen molar-refractivity contribution in [1.82, 2.24) is 9.97 Å². The average molecular weight is 341 g/mol. The van der Waals surface area contributed by atoms with Gasteiger partial charge in [-0.25, -0.2) is 18.5 Å². The fraction of sp³-hybridized carbons (Fsp3) is 0.125. The zero-order valence-electron chi connectivity index (χ0n) is 12.7. The lowest BCUT2D eigenvalue weighted by Crippen LogP contribution is -2.12. The van der Waals surface area contributed by atoms with Gasteiger partial charge in [0.05, 0.1) is 16.0 Å². The minimum absolute atomic E-state index is 0.0977. The Morgan fingerprint density at radius 3 is 2.62 bits per heavy atom. The molecule has 0 aliphatic rings. The predicted molar refractivity (Wildman–Crippen MR) is 90.8 cm³/mol. The Balaban J connectivity index is 1.65. The molecule has 0 bridgehead atoms. The Bertz CT molecular complexity index is 1020. The number of aromatic amines is 1. The molecular weight excluding hydrogens is 326 g/mol. The summed E-state index contributed by atoms with van der Waals surface area (Å²) in [7, 11) is -3.66. The maximum atomic E-state index is 11.2. The van der Waals surface area contributed by atoms with Crippen LogP contribution in [0.1, 0.15) is 11.1 Å². The second-order valence-corrected chi connectivity index (χ2v) is 6.83. The SMILES string of the molecule is N#Cc1cccc2[nH]c(NCCc3ccc(S(N)(=O)=O)cc3)nc12. The van der Waals surface area contributed by atoms with E-state index in [0.29, 0.717) is 30.0 Å². The van der Waals surface area contributed by atoms with Crippen LogP contribution in [0.3, 0.4) is 0 Å². The molecule has 3 aromatic rings. The second kappa shape index (κ2) is 6.31. The Hall–Kier alpha value is -2.89. The van der Waals surface area contributed by atoms with Crippen LogP contribution in [0.4, 0.5) is 5.95 Å². The first-order chi connectivity index (χ1) is 11.5. The van der Waals surface area contributed by atoms with Gasteiger partial charge in [-0.1, -0.05) is 18.2 Å². The first kappa shape index (κ1) is 16.0. The van der Waals surface area contributed by atoms with Crippen LogP contribution in [0.15, 0.2) is 47.4 Å². The molecule has 2 aromatic carbocycles. The summed E-state index contributed by atoms with van der Waals surface area (Å²) in [6, 6.07) is 13.9. The van der Waals surface area contributed by atoms with Crippen LogP contribution >= 0.6 is 0 Å². The molecular formula is C16H15N5O2S. The van der Waals surface area contributed by atoms with Gasteiger partial charge < -0.3 is 10.3 Å². The number of nitrogens with zero attached hydrogens (tertiary/aromatic N) is 2. The van der Waals surface area contributed by atoms with E-state index in [4.69, 9.17) is 10.4 Å². The highest BCUT2D eigenvalue weighted by molar-refractivity contribution is 7.89. The van der Waals surface area contributed by atoms with Gasteiger partial charge in [0.15, 0.2) is 0 Å². The number of nitrogens with two attached hydrogens (primary N) is 1. The van der Waals surface area contributed by atoms with Crippen molar-refractivity contribution in [3.05, 3.63) is 53.6 Å². The van der Waals surface area contributed by atoms with E-state index in [2.05, 4.69) is 21.4 Å². The minimum atomic E-state index is -3.66. The monoisotopic (exact) mass is 341 g/mol. The normalized spacial score (nSPS) is 11.3. The standard InChI is InChI=1S/C16H15N5O2S/c17-10-12-2-1-3-14-15(12)21-16(20-14)19-9-8-11-4-6-13(7-5-11)24(18,22)23/h1-7H,8-9H2,(H2,18,22,23)(H2,19,20,21). The lowest BCUT2D eigenvalue weighted by Gasteiger charge is -2.04. The van der Waals surface area contributed by atoms with Gasteiger partial charge in [0, 0.05) is 6.54 Å². The molecule has 0 aliphatic carbocycles. The highest BCUT2D eigenvalue weighted by Gasteiger charge is 2.08. The largest absolute Gasteiger partial charge is 0.355 e. The number of benzene rings is 2. The summed E-state index contributed by atoms with van der Waals surface area (Å²) in [4.78, 5) is 7.59. The molecule has 7 nitrogen and oxygen atoms in total. The van der Waals surface area contributed by atoms with Crippen LogP contribution in [0.5, 0.6) is 0 Å². The first-order valence-corrected chi connectivity index (χ1v) is 8.76. The molecule has 3 rings (SSSR count). The fourth-order valence-corrected chi connectivity index (χ4v) is 2.89. The number of rotatable bonds is 5. The van der Waals surface area contributed by atoms with Gasteiger partial charge in [-0.3, -0.25) is 0 Å². The number of primary sulfonamides is 1. The van der Waals surface area contributed by atoms with E-state index < -0.39 is 10.0 Å². The summed E-state index contributed by atoms with van der Waals surface area (Å²) in [5.74, 6) is 0.592. The number of para-hydroxylation sites is 1. The lowest BCUT2D eigenvalue weighted by atomic mass is 10.1. The maximum absolute atomic E-state index is 11.2. The molecule has 0 atom stereocenters. The Kier molecular flexibility index (Phi) is 4.20. The fourth-order valence-electron chi connectivity index (χ4n) is 2.38. The Morgan fingerprint density at radius 2 is 1.96 bits per heavy atom. The molecule has 0 saturated carbocycles. The van der Waals surface area contributed by atoms with Crippen LogP contribution in [-0.4, -0.2) is 24.9 Å². The van der Waals surface area contributed by atoms with Gasteiger partial charge in [-0.2, -0.15) is 5.26 Å². The van der Waals surface area contributed by atoms with Crippen molar-refractivity contribution in [2.45, 2.75) is 11.3 Å². The number of aromatic nitrogens is 2. The third-order valence-electron chi connectivity index (χ3n) is 3.59. The predicted octanol–water partition coefficient (Wildman–Crippen LogP) is 1.74. The molecule has 0 radical (unpaired) electrons. The maximum Gasteiger partial charge on any atom is 0.238 e. The summed E-state index contributed by atoms with van der Waals surface area (Å²) in [5, 5.41) is 17.3. The number of H-pyrrole nitrogens is 1. The summed E-state index contributed by atoms with van der Waals surface area (Å²) in [6.07, 6.45) is 0.688. The molecule has 4 N–H and O–H groups in total. The number of nitriles is 1. The number of sulfonamides is 1. The van der Waals surface area contributed by atoms with Crippen molar-refractivity contribution < 1.29 is 8.42 Å². The number of hydrogen-bond acceptors (Lipinski definition) is 5. The number of fused-ring (bicyclic) bond motifs is 1. The van der Waals surface area contributed by atoms with Crippen LogP contribution in [-0.2, 0) is 16.4 Å². The molecule has 0 fully saturated rings. The van der Waals surface area contributed by atoms with E-state index in [1.54, 1.807) is 24.3 Å². The van der Waals surface area contributed by atoms with Crippen molar-refractivity contribution in [1.29, 1.82) is 5.26 Å². The number of anilines is 1. The number of imidazole rings is 1. The van der Waals surface area contributed by atoms with Crippen LogP contribution in [0.2, 0.25) is 0 Å². The highest BCUT2D eigenvalue weighted by atomic mass is 32.2. The van der Waals surface area contributed by atoms with Gasteiger partial charge in [0.25, 0.3) is 0 Å². The van der Waals surface area contributed by atoms with Crippen LogP contribution in [0, 0.1) is 11.3 Å². The highest BCUT2D eigenvalue weighted by Crippen LogP contribution is 2.18. The molecule has 0 amide bonds. The van der Waals surface area contributed by atoms with E-state index in [1.807, 2.05) is 6.07 Å².